The fourth-order valence-corrected chi connectivity index (χ4v) is 3.29. The summed E-state index contributed by atoms with van der Waals surface area (Å²) in [5.41, 5.74) is 2.74. The Morgan fingerprint density at radius 3 is 2.24 bits per heavy atom. The third kappa shape index (κ3) is 3.25. The number of benzene rings is 1. The van der Waals surface area contributed by atoms with Crippen molar-refractivity contribution in [1.29, 1.82) is 0 Å². The molecule has 0 bridgehead atoms. The molecule has 1 aromatic rings. The van der Waals surface area contributed by atoms with Gasteiger partial charge in [0.2, 0.25) is 0 Å². The maximum atomic E-state index is 6.38. The van der Waals surface area contributed by atoms with Gasteiger partial charge in [0.1, 0.15) is 0 Å². The van der Waals surface area contributed by atoms with Gasteiger partial charge in [-0.25, -0.2) is 0 Å². The lowest BCUT2D eigenvalue weighted by atomic mass is 9.90. The van der Waals surface area contributed by atoms with Gasteiger partial charge in [0.05, 0.1) is 0 Å². The van der Waals surface area contributed by atoms with Crippen molar-refractivity contribution in [2.45, 2.75) is 64.2 Å². The zero-order valence-electron chi connectivity index (χ0n) is 11.0. The van der Waals surface area contributed by atoms with Crippen LogP contribution in [-0.4, -0.2) is 0 Å². The molecule has 1 aromatic carbocycles. The molecule has 0 N–H and O–H groups in total. The highest BCUT2D eigenvalue weighted by Crippen LogP contribution is 2.34. The van der Waals surface area contributed by atoms with Crippen LogP contribution in [0.15, 0.2) is 18.2 Å². The van der Waals surface area contributed by atoms with E-state index in [1.165, 1.54) is 49.7 Å². The molecule has 1 heteroatoms. The molecule has 2 rings (SSSR count). The van der Waals surface area contributed by atoms with Crippen LogP contribution in [0.3, 0.4) is 0 Å². The Balaban J connectivity index is 2.18. The van der Waals surface area contributed by atoms with Gasteiger partial charge in [-0.15, -0.1) is 0 Å². The third-order valence-electron chi connectivity index (χ3n) is 3.97. The Morgan fingerprint density at radius 2 is 1.71 bits per heavy atom. The molecule has 0 aliphatic heterocycles. The van der Waals surface area contributed by atoms with Crippen LogP contribution in [0.1, 0.15) is 75.3 Å². The molecule has 1 saturated carbocycles. The van der Waals surface area contributed by atoms with Crippen LogP contribution in [0.25, 0.3) is 0 Å². The second-order valence-electron chi connectivity index (χ2n) is 5.62. The molecule has 0 spiro atoms. The first-order valence-corrected chi connectivity index (χ1v) is 7.35. The quantitative estimate of drug-likeness (QED) is 0.573. The van der Waals surface area contributed by atoms with Crippen molar-refractivity contribution in [1.82, 2.24) is 0 Å². The fourth-order valence-electron chi connectivity index (χ4n) is 2.88. The van der Waals surface area contributed by atoms with Crippen molar-refractivity contribution in [2.75, 3.05) is 0 Å². The summed E-state index contributed by atoms with van der Waals surface area (Å²) in [6.45, 7) is 4.40. The summed E-state index contributed by atoms with van der Waals surface area (Å²) in [6, 6.07) is 6.75. The van der Waals surface area contributed by atoms with Crippen LogP contribution in [-0.2, 0) is 0 Å². The van der Waals surface area contributed by atoms with Crippen molar-refractivity contribution >= 4 is 11.6 Å². The minimum absolute atomic E-state index is 0.519. The highest BCUT2D eigenvalue weighted by Gasteiger charge is 2.15. The molecule has 17 heavy (non-hydrogen) atoms. The van der Waals surface area contributed by atoms with E-state index in [0.717, 1.165) is 10.9 Å². The molecule has 1 aliphatic carbocycles. The van der Waals surface area contributed by atoms with E-state index in [2.05, 4.69) is 32.0 Å². The second kappa shape index (κ2) is 5.91. The minimum Gasteiger partial charge on any atom is -0.0840 e. The molecule has 0 aromatic heterocycles. The van der Waals surface area contributed by atoms with Gasteiger partial charge in [-0.2, -0.15) is 0 Å². The summed E-state index contributed by atoms with van der Waals surface area (Å²) in [7, 11) is 0. The molecule has 0 nitrogen and oxygen atoms in total. The van der Waals surface area contributed by atoms with E-state index in [0.29, 0.717) is 5.92 Å². The zero-order chi connectivity index (χ0) is 12.3. The SMILES string of the molecule is CC(C)c1ccc(C2CCCCCC2)cc1Cl. The Kier molecular flexibility index (Phi) is 4.50. The summed E-state index contributed by atoms with van der Waals surface area (Å²) < 4.78 is 0. The minimum atomic E-state index is 0.519. The van der Waals surface area contributed by atoms with E-state index in [1.807, 2.05) is 0 Å². The van der Waals surface area contributed by atoms with Gasteiger partial charge < -0.3 is 0 Å². The van der Waals surface area contributed by atoms with Gasteiger partial charge >= 0.3 is 0 Å². The van der Waals surface area contributed by atoms with Crippen LogP contribution in [0.2, 0.25) is 5.02 Å². The zero-order valence-corrected chi connectivity index (χ0v) is 11.8. The summed E-state index contributed by atoms with van der Waals surface area (Å²) in [5, 5.41) is 0.960. The average Bonchev–Trinajstić information content (AvgIpc) is 2.56. The van der Waals surface area contributed by atoms with Crippen LogP contribution in [0.5, 0.6) is 0 Å². The smallest absolute Gasteiger partial charge is 0.0443 e. The summed E-state index contributed by atoms with van der Waals surface area (Å²) in [4.78, 5) is 0. The molecule has 0 saturated heterocycles. The van der Waals surface area contributed by atoms with Gasteiger partial charge in [-0.1, -0.05) is 63.3 Å². The highest BCUT2D eigenvalue weighted by molar-refractivity contribution is 6.31. The first-order chi connectivity index (χ1) is 8.18. The predicted molar refractivity (Wildman–Crippen MR) is 76.0 cm³/mol. The summed E-state index contributed by atoms with van der Waals surface area (Å²) >= 11 is 6.38. The monoisotopic (exact) mass is 250 g/mol. The topological polar surface area (TPSA) is 0 Å². The maximum Gasteiger partial charge on any atom is 0.0443 e. The Morgan fingerprint density at radius 1 is 1.06 bits per heavy atom. The first kappa shape index (κ1) is 13.0. The molecule has 0 atom stereocenters. The van der Waals surface area contributed by atoms with Crippen LogP contribution in [0.4, 0.5) is 0 Å². The number of hydrogen-bond acceptors (Lipinski definition) is 0. The van der Waals surface area contributed by atoms with Gasteiger partial charge in [0.15, 0.2) is 0 Å². The van der Waals surface area contributed by atoms with Crippen molar-refractivity contribution in [2.24, 2.45) is 0 Å². The van der Waals surface area contributed by atoms with E-state index in [9.17, 15) is 0 Å². The molecular weight excluding hydrogens is 228 g/mol. The number of hydrogen-bond donors (Lipinski definition) is 0. The number of rotatable bonds is 2. The largest absolute Gasteiger partial charge is 0.0840 e. The normalized spacial score (nSPS) is 18.4. The highest BCUT2D eigenvalue weighted by atomic mass is 35.5. The predicted octanol–water partition coefficient (Wildman–Crippen LogP) is 5.90. The van der Waals surface area contributed by atoms with Gasteiger partial charge in [0.25, 0.3) is 0 Å². The van der Waals surface area contributed by atoms with E-state index < -0.39 is 0 Å². The lowest BCUT2D eigenvalue weighted by molar-refractivity contribution is 0.592. The molecule has 0 unspecified atom stereocenters. The van der Waals surface area contributed by atoms with Crippen LogP contribution >= 0.6 is 11.6 Å². The average molecular weight is 251 g/mol. The molecule has 0 radical (unpaired) electrons. The third-order valence-corrected chi connectivity index (χ3v) is 4.30. The molecule has 1 fully saturated rings. The molecular formula is C16H23Cl. The molecule has 1 aliphatic rings. The van der Waals surface area contributed by atoms with Gasteiger partial charge in [-0.05, 0) is 41.9 Å². The first-order valence-electron chi connectivity index (χ1n) is 6.98. The van der Waals surface area contributed by atoms with Crippen molar-refractivity contribution in [3.63, 3.8) is 0 Å². The van der Waals surface area contributed by atoms with E-state index in [-0.39, 0.29) is 0 Å². The van der Waals surface area contributed by atoms with Gasteiger partial charge in [-0.3, -0.25) is 0 Å². The van der Waals surface area contributed by atoms with Crippen molar-refractivity contribution in [3.8, 4) is 0 Å². The molecule has 0 amide bonds. The maximum absolute atomic E-state index is 6.38. The Labute approximate surface area is 110 Å². The number of halogens is 1. The second-order valence-corrected chi connectivity index (χ2v) is 6.03. The lowest BCUT2D eigenvalue weighted by Gasteiger charge is -2.17. The Hall–Kier alpha value is -0.490. The van der Waals surface area contributed by atoms with E-state index >= 15 is 0 Å². The van der Waals surface area contributed by atoms with Crippen molar-refractivity contribution < 1.29 is 0 Å². The van der Waals surface area contributed by atoms with Crippen LogP contribution < -0.4 is 0 Å². The van der Waals surface area contributed by atoms with Crippen molar-refractivity contribution in [3.05, 3.63) is 34.3 Å². The van der Waals surface area contributed by atoms with E-state index in [1.54, 1.807) is 0 Å². The fraction of sp³-hybridized carbons (Fsp3) is 0.625. The lowest BCUT2D eigenvalue weighted by Crippen LogP contribution is -1.99. The molecule has 94 valence electrons. The summed E-state index contributed by atoms with van der Waals surface area (Å²) in [6.07, 6.45) is 8.28. The summed E-state index contributed by atoms with van der Waals surface area (Å²) in [5.74, 6) is 1.27. The van der Waals surface area contributed by atoms with Gasteiger partial charge in [0, 0.05) is 5.02 Å². The van der Waals surface area contributed by atoms with E-state index in [4.69, 9.17) is 11.6 Å². The van der Waals surface area contributed by atoms with Crippen LogP contribution in [0, 0.1) is 0 Å². The molecule has 0 heterocycles. The Bertz CT molecular complexity index is 360. The standard InChI is InChI=1S/C16H23Cl/c1-12(2)15-10-9-14(11-16(15)17)13-7-5-3-4-6-8-13/h9-13H,3-8H2,1-2H3.